The van der Waals surface area contributed by atoms with E-state index in [0.717, 1.165) is 39.1 Å². The van der Waals surface area contributed by atoms with Crippen molar-refractivity contribution >= 4 is 5.91 Å². The zero-order chi connectivity index (χ0) is 10.4. The van der Waals surface area contributed by atoms with Crippen molar-refractivity contribution in [2.75, 3.05) is 46.8 Å². The number of carbonyl (C=O) groups excluding carboxylic acids is 1. The summed E-state index contributed by atoms with van der Waals surface area (Å²) >= 11 is 0. The van der Waals surface area contributed by atoms with Crippen LogP contribution in [0.1, 0.15) is 12.8 Å². The number of carbonyl (C=O) groups is 1. The fraction of sp³-hybridized carbons (Fsp3) is 0.900. The van der Waals surface area contributed by atoms with Crippen LogP contribution in [0.3, 0.4) is 0 Å². The van der Waals surface area contributed by atoms with Gasteiger partial charge in [0.25, 0.3) is 0 Å². The predicted octanol–water partition coefficient (Wildman–Crippen LogP) is -0.240. The van der Waals surface area contributed by atoms with Crippen molar-refractivity contribution < 1.29 is 4.79 Å². The van der Waals surface area contributed by atoms with Crippen molar-refractivity contribution in [1.29, 1.82) is 0 Å². The molecule has 1 N–H and O–H groups in total. The van der Waals surface area contributed by atoms with Crippen LogP contribution in [-0.2, 0) is 4.79 Å². The van der Waals surface area contributed by atoms with Crippen molar-refractivity contribution in [2.45, 2.75) is 12.8 Å². The summed E-state index contributed by atoms with van der Waals surface area (Å²) in [7, 11) is 3.99. The Hall–Kier alpha value is -0.610. The average molecular weight is 199 g/mol. The molecule has 0 unspecified atom stereocenters. The highest BCUT2D eigenvalue weighted by atomic mass is 16.2. The second-order valence-corrected chi connectivity index (χ2v) is 4.04. The van der Waals surface area contributed by atoms with Crippen LogP contribution in [0.2, 0.25) is 0 Å². The summed E-state index contributed by atoms with van der Waals surface area (Å²) in [6, 6.07) is 0. The summed E-state index contributed by atoms with van der Waals surface area (Å²) in [5, 5.41) is 3.29. The van der Waals surface area contributed by atoms with Crippen LogP contribution >= 0.6 is 0 Å². The second-order valence-electron chi connectivity index (χ2n) is 4.04. The third-order valence-electron chi connectivity index (χ3n) is 2.47. The first-order valence-corrected chi connectivity index (χ1v) is 5.33. The van der Waals surface area contributed by atoms with Gasteiger partial charge in [0.2, 0.25) is 5.91 Å². The number of hydrogen-bond acceptors (Lipinski definition) is 3. The molecule has 1 aliphatic rings. The summed E-state index contributed by atoms with van der Waals surface area (Å²) < 4.78 is 0. The van der Waals surface area contributed by atoms with Crippen molar-refractivity contribution in [1.82, 2.24) is 15.1 Å². The Kier molecular flexibility index (Phi) is 4.90. The van der Waals surface area contributed by atoms with Crippen molar-refractivity contribution in [2.24, 2.45) is 0 Å². The fourth-order valence-electron chi connectivity index (χ4n) is 1.57. The fourth-order valence-corrected chi connectivity index (χ4v) is 1.57. The van der Waals surface area contributed by atoms with E-state index >= 15 is 0 Å². The number of amides is 1. The van der Waals surface area contributed by atoms with E-state index < -0.39 is 0 Å². The van der Waals surface area contributed by atoms with Gasteiger partial charge in [0.05, 0.1) is 0 Å². The number of nitrogens with zero attached hydrogens (tertiary/aromatic N) is 2. The van der Waals surface area contributed by atoms with Gasteiger partial charge in [-0.1, -0.05) is 0 Å². The standard InChI is InChI=1S/C10H21N3O/c1-12(2)8-4-10(14)13-7-3-5-11-6-9-13/h11H,3-9H2,1-2H3. The lowest BCUT2D eigenvalue weighted by molar-refractivity contribution is -0.131. The lowest BCUT2D eigenvalue weighted by atomic mass is 10.3. The first kappa shape index (κ1) is 11.5. The Labute approximate surface area is 86.2 Å². The maximum Gasteiger partial charge on any atom is 0.223 e. The molecule has 0 aliphatic carbocycles. The van der Waals surface area contributed by atoms with E-state index in [1.54, 1.807) is 0 Å². The van der Waals surface area contributed by atoms with Crippen LogP contribution in [0.25, 0.3) is 0 Å². The monoisotopic (exact) mass is 199 g/mol. The number of hydrogen-bond donors (Lipinski definition) is 1. The maximum atomic E-state index is 11.7. The molecule has 1 amide bonds. The van der Waals surface area contributed by atoms with E-state index in [4.69, 9.17) is 0 Å². The molecule has 1 heterocycles. The van der Waals surface area contributed by atoms with E-state index in [-0.39, 0.29) is 0 Å². The van der Waals surface area contributed by atoms with Crippen molar-refractivity contribution in [3.05, 3.63) is 0 Å². The molecule has 0 bridgehead atoms. The summed E-state index contributed by atoms with van der Waals surface area (Å²) in [5.74, 6) is 0.294. The molecule has 0 aromatic rings. The highest BCUT2D eigenvalue weighted by Gasteiger charge is 2.14. The molecule has 4 heteroatoms. The second kappa shape index (κ2) is 5.98. The lowest BCUT2D eigenvalue weighted by Crippen LogP contribution is -2.35. The van der Waals surface area contributed by atoms with Crippen LogP contribution in [-0.4, -0.2) is 62.5 Å². The molecule has 0 radical (unpaired) electrons. The Morgan fingerprint density at radius 3 is 2.86 bits per heavy atom. The van der Waals surface area contributed by atoms with Gasteiger partial charge in [0.1, 0.15) is 0 Å². The molecular formula is C10H21N3O. The molecule has 0 aromatic heterocycles. The Balaban J connectivity index is 2.27. The quantitative estimate of drug-likeness (QED) is 0.681. The molecule has 0 saturated carbocycles. The van der Waals surface area contributed by atoms with E-state index in [9.17, 15) is 4.79 Å². The molecule has 1 aliphatic heterocycles. The van der Waals surface area contributed by atoms with Gasteiger partial charge >= 0.3 is 0 Å². The molecular weight excluding hydrogens is 178 g/mol. The largest absolute Gasteiger partial charge is 0.341 e. The first-order chi connectivity index (χ1) is 6.70. The topological polar surface area (TPSA) is 35.6 Å². The van der Waals surface area contributed by atoms with Crippen LogP contribution in [0.4, 0.5) is 0 Å². The molecule has 0 aromatic carbocycles. The van der Waals surface area contributed by atoms with E-state index in [2.05, 4.69) is 5.32 Å². The van der Waals surface area contributed by atoms with Gasteiger partial charge in [-0.2, -0.15) is 0 Å². The van der Waals surface area contributed by atoms with Crippen LogP contribution in [0.5, 0.6) is 0 Å². The van der Waals surface area contributed by atoms with Crippen LogP contribution in [0, 0.1) is 0 Å². The highest BCUT2D eigenvalue weighted by Crippen LogP contribution is 1.99. The third-order valence-corrected chi connectivity index (χ3v) is 2.47. The zero-order valence-electron chi connectivity index (χ0n) is 9.25. The lowest BCUT2D eigenvalue weighted by Gasteiger charge is -2.20. The predicted molar refractivity (Wildman–Crippen MR) is 57.2 cm³/mol. The summed E-state index contributed by atoms with van der Waals surface area (Å²) in [4.78, 5) is 15.8. The smallest absolute Gasteiger partial charge is 0.223 e. The molecule has 1 rings (SSSR count). The summed E-state index contributed by atoms with van der Waals surface area (Å²) in [5.41, 5.74) is 0. The van der Waals surface area contributed by atoms with Gasteiger partial charge in [-0.25, -0.2) is 0 Å². The molecule has 1 saturated heterocycles. The maximum absolute atomic E-state index is 11.7. The molecule has 0 atom stereocenters. The summed E-state index contributed by atoms with van der Waals surface area (Å²) in [6.07, 6.45) is 1.72. The van der Waals surface area contributed by atoms with Crippen molar-refractivity contribution in [3.8, 4) is 0 Å². The summed E-state index contributed by atoms with van der Waals surface area (Å²) in [6.45, 7) is 4.61. The van der Waals surface area contributed by atoms with Gasteiger partial charge in [0.15, 0.2) is 0 Å². The highest BCUT2D eigenvalue weighted by molar-refractivity contribution is 5.76. The Morgan fingerprint density at radius 2 is 2.14 bits per heavy atom. The number of rotatable bonds is 3. The van der Waals surface area contributed by atoms with E-state index in [0.29, 0.717) is 12.3 Å². The van der Waals surface area contributed by atoms with Crippen LogP contribution in [0.15, 0.2) is 0 Å². The van der Waals surface area contributed by atoms with Gasteiger partial charge in [-0.15, -0.1) is 0 Å². The SMILES string of the molecule is CN(C)CCC(=O)N1CCCNCC1. The number of nitrogens with one attached hydrogen (secondary N) is 1. The molecule has 14 heavy (non-hydrogen) atoms. The van der Waals surface area contributed by atoms with Gasteiger partial charge < -0.3 is 15.1 Å². The van der Waals surface area contributed by atoms with Gasteiger partial charge in [0, 0.05) is 32.6 Å². The minimum absolute atomic E-state index is 0.294. The minimum Gasteiger partial charge on any atom is -0.341 e. The van der Waals surface area contributed by atoms with Crippen molar-refractivity contribution in [3.63, 3.8) is 0 Å². The molecule has 0 spiro atoms. The van der Waals surface area contributed by atoms with Gasteiger partial charge in [-0.3, -0.25) is 4.79 Å². The third kappa shape index (κ3) is 4.07. The molecule has 1 fully saturated rings. The molecule has 82 valence electrons. The first-order valence-electron chi connectivity index (χ1n) is 5.33. The Bertz CT molecular complexity index is 174. The van der Waals surface area contributed by atoms with Gasteiger partial charge in [-0.05, 0) is 27.1 Å². The van der Waals surface area contributed by atoms with E-state index in [1.165, 1.54) is 0 Å². The molecule has 4 nitrogen and oxygen atoms in total. The zero-order valence-corrected chi connectivity index (χ0v) is 9.25. The van der Waals surface area contributed by atoms with E-state index in [1.807, 2.05) is 23.9 Å². The average Bonchev–Trinajstić information content (AvgIpc) is 2.42. The normalized spacial score (nSPS) is 18.4. The minimum atomic E-state index is 0.294. The Morgan fingerprint density at radius 1 is 1.36 bits per heavy atom. The van der Waals surface area contributed by atoms with Crippen LogP contribution < -0.4 is 5.32 Å².